The van der Waals surface area contributed by atoms with Gasteiger partial charge in [0, 0.05) is 5.56 Å². The Balaban J connectivity index is 3.23. The zero-order valence-corrected chi connectivity index (χ0v) is 7.52. The molecule has 0 heterocycles. The summed E-state index contributed by atoms with van der Waals surface area (Å²) in [4.78, 5) is 0. The van der Waals surface area contributed by atoms with E-state index in [1.54, 1.807) is 0 Å². The average Bonchev–Trinajstić information content (AvgIpc) is 2.19. The lowest BCUT2D eigenvalue weighted by Gasteiger charge is -2.15. The van der Waals surface area contributed by atoms with Crippen molar-refractivity contribution in [2.75, 3.05) is 13.7 Å². The topological polar surface area (TPSA) is 32.3 Å². The van der Waals surface area contributed by atoms with Gasteiger partial charge in [-0.15, -0.1) is 0 Å². The van der Waals surface area contributed by atoms with Gasteiger partial charge in [0.05, 0.1) is 12.6 Å². The van der Waals surface area contributed by atoms with E-state index in [-0.39, 0.29) is 0 Å². The molecule has 1 unspecified atom stereocenters. The Bertz CT molecular complexity index is 326. The van der Waals surface area contributed by atoms with Gasteiger partial charge >= 0.3 is 0 Å². The SMILES string of the molecule is CNC(CO)c1c(F)ccc(F)c1F. The summed E-state index contributed by atoms with van der Waals surface area (Å²) in [5, 5.41) is 11.3. The molecular formula is C9H10F3NO. The van der Waals surface area contributed by atoms with Crippen LogP contribution < -0.4 is 5.32 Å². The summed E-state index contributed by atoms with van der Waals surface area (Å²) in [5.41, 5.74) is -0.477. The fourth-order valence-corrected chi connectivity index (χ4v) is 1.19. The van der Waals surface area contributed by atoms with Crippen LogP contribution in [0.1, 0.15) is 11.6 Å². The van der Waals surface area contributed by atoms with Gasteiger partial charge in [0.25, 0.3) is 0 Å². The lowest BCUT2D eigenvalue weighted by Crippen LogP contribution is -2.23. The number of benzene rings is 1. The summed E-state index contributed by atoms with van der Waals surface area (Å²) in [6.45, 7) is -0.506. The van der Waals surface area contributed by atoms with E-state index in [1.165, 1.54) is 7.05 Å². The Hall–Kier alpha value is -1.07. The molecule has 78 valence electrons. The molecule has 0 radical (unpaired) electrons. The second-order valence-electron chi connectivity index (χ2n) is 2.78. The molecule has 1 aromatic carbocycles. The zero-order chi connectivity index (χ0) is 10.7. The van der Waals surface area contributed by atoms with Crippen molar-refractivity contribution in [1.82, 2.24) is 5.32 Å². The molecule has 0 aliphatic rings. The highest BCUT2D eigenvalue weighted by molar-refractivity contribution is 5.24. The molecule has 0 bridgehead atoms. The van der Waals surface area contributed by atoms with E-state index in [9.17, 15) is 13.2 Å². The number of halogens is 3. The van der Waals surface area contributed by atoms with Crippen LogP contribution in [0.5, 0.6) is 0 Å². The smallest absolute Gasteiger partial charge is 0.166 e. The van der Waals surface area contributed by atoms with Gasteiger partial charge in [-0.25, -0.2) is 13.2 Å². The van der Waals surface area contributed by atoms with Crippen molar-refractivity contribution in [1.29, 1.82) is 0 Å². The molecule has 2 nitrogen and oxygen atoms in total. The molecule has 0 aliphatic carbocycles. The normalized spacial score (nSPS) is 12.9. The second-order valence-corrected chi connectivity index (χ2v) is 2.78. The molecule has 1 aromatic rings. The van der Waals surface area contributed by atoms with Gasteiger partial charge in [-0.2, -0.15) is 0 Å². The lowest BCUT2D eigenvalue weighted by atomic mass is 10.1. The highest BCUT2D eigenvalue weighted by Crippen LogP contribution is 2.22. The largest absolute Gasteiger partial charge is 0.394 e. The van der Waals surface area contributed by atoms with E-state index in [1.807, 2.05) is 0 Å². The minimum absolute atomic E-state index is 0.477. The highest BCUT2D eigenvalue weighted by atomic mass is 19.2. The number of hydrogen-bond donors (Lipinski definition) is 2. The molecule has 1 atom stereocenters. The highest BCUT2D eigenvalue weighted by Gasteiger charge is 2.20. The molecule has 1 rings (SSSR count). The summed E-state index contributed by atoms with van der Waals surface area (Å²) in [5.74, 6) is -3.27. The second kappa shape index (κ2) is 4.43. The van der Waals surface area contributed by atoms with Gasteiger partial charge < -0.3 is 10.4 Å². The van der Waals surface area contributed by atoms with Crippen molar-refractivity contribution in [3.63, 3.8) is 0 Å². The predicted octanol–water partition coefficient (Wildman–Crippen LogP) is 1.36. The molecule has 0 aromatic heterocycles. The van der Waals surface area contributed by atoms with Gasteiger partial charge in [0.2, 0.25) is 0 Å². The molecule has 0 saturated heterocycles. The van der Waals surface area contributed by atoms with Gasteiger partial charge in [0.1, 0.15) is 5.82 Å². The predicted molar refractivity (Wildman–Crippen MR) is 45.2 cm³/mol. The van der Waals surface area contributed by atoms with Crippen molar-refractivity contribution in [2.24, 2.45) is 0 Å². The van der Waals surface area contributed by atoms with Crippen LogP contribution >= 0.6 is 0 Å². The number of hydrogen-bond acceptors (Lipinski definition) is 2. The Morgan fingerprint density at radius 1 is 1.29 bits per heavy atom. The molecule has 0 amide bonds. The minimum atomic E-state index is -1.27. The van der Waals surface area contributed by atoms with Gasteiger partial charge in [0.15, 0.2) is 11.6 Å². The van der Waals surface area contributed by atoms with E-state index in [0.29, 0.717) is 6.07 Å². The fraction of sp³-hybridized carbons (Fsp3) is 0.333. The number of aliphatic hydroxyl groups is 1. The molecule has 0 aliphatic heterocycles. The van der Waals surface area contributed by atoms with E-state index >= 15 is 0 Å². The number of nitrogens with one attached hydrogen (secondary N) is 1. The first-order valence-corrected chi connectivity index (χ1v) is 4.03. The summed E-state index contributed by atoms with van der Waals surface area (Å²) < 4.78 is 39.0. The van der Waals surface area contributed by atoms with E-state index in [2.05, 4.69) is 5.32 Å². The van der Waals surface area contributed by atoms with Gasteiger partial charge in [-0.3, -0.25) is 0 Å². The molecule has 5 heteroatoms. The van der Waals surface area contributed by atoms with Crippen molar-refractivity contribution < 1.29 is 18.3 Å². The fourth-order valence-electron chi connectivity index (χ4n) is 1.19. The molecule has 0 spiro atoms. The monoisotopic (exact) mass is 205 g/mol. The lowest BCUT2D eigenvalue weighted by molar-refractivity contribution is 0.243. The third-order valence-electron chi connectivity index (χ3n) is 1.96. The summed E-state index contributed by atoms with van der Waals surface area (Å²) in [6, 6.07) is 0.595. The van der Waals surface area contributed by atoms with Crippen LogP contribution in [0.3, 0.4) is 0 Å². The Morgan fingerprint density at radius 3 is 2.36 bits per heavy atom. The summed E-state index contributed by atoms with van der Waals surface area (Å²) in [7, 11) is 1.42. The van der Waals surface area contributed by atoms with Crippen molar-refractivity contribution in [3.8, 4) is 0 Å². The quantitative estimate of drug-likeness (QED) is 0.730. The maximum Gasteiger partial charge on any atom is 0.166 e. The van der Waals surface area contributed by atoms with Gasteiger partial charge in [-0.1, -0.05) is 0 Å². The standard InChI is InChI=1S/C9H10F3NO/c1-13-7(4-14)8-5(10)2-3-6(11)9(8)12/h2-3,7,13-14H,4H2,1H3. The maximum absolute atomic E-state index is 13.1. The van der Waals surface area contributed by atoms with Crippen LogP contribution in [0.2, 0.25) is 0 Å². The van der Waals surface area contributed by atoms with Crippen molar-refractivity contribution >= 4 is 0 Å². The van der Waals surface area contributed by atoms with Crippen molar-refractivity contribution in [3.05, 3.63) is 35.1 Å². The summed E-state index contributed by atoms with van der Waals surface area (Å²) in [6.07, 6.45) is 0. The molecular weight excluding hydrogens is 195 g/mol. The third kappa shape index (κ3) is 1.88. The maximum atomic E-state index is 13.1. The van der Waals surface area contributed by atoms with Crippen LogP contribution in [0.15, 0.2) is 12.1 Å². The minimum Gasteiger partial charge on any atom is -0.394 e. The first-order chi connectivity index (χ1) is 6.61. The third-order valence-corrected chi connectivity index (χ3v) is 1.96. The van der Waals surface area contributed by atoms with E-state index in [0.717, 1.165) is 6.07 Å². The molecule has 14 heavy (non-hydrogen) atoms. The van der Waals surface area contributed by atoms with Gasteiger partial charge in [-0.05, 0) is 19.2 Å². The van der Waals surface area contributed by atoms with Crippen LogP contribution in [0.25, 0.3) is 0 Å². The first kappa shape index (κ1) is 11.0. The molecule has 0 fully saturated rings. The molecule has 2 N–H and O–H groups in total. The van der Waals surface area contributed by atoms with Crippen LogP contribution in [0, 0.1) is 17.5 Å². The Morgan fingerprint density at radius 2 is 1.86 bits per heavy atom. The number of likely N-dealkylation sites (N-methyl/N-ethyl adjacent to an activating group) is 1. The number of rotatable bonds is 3. The molecule has 0 saturated carbocycles. The van der Waals surface area contributed by atoms with Crippen LogP contribution in [0.4, 0.5) is 13.2 Å². The van der Waals surface area contributed by atoms with Crippen LogP contribution in [-0.4, -0.2) is 18.8 Å². The Kier molecular flexibility index (Phi) is 3.49. The first-order valence-electron chi connectivity index (χ1n) is 4.03. The Labute approximate surface area is 79.4 Å². The van der Waals surface area contributed by atoms with E-state index < -0.39 is 35.7 Å². The summed E-state index contributed by atoms with van der Waals surface area (Å²) >= 11 is 0. The van der Waals surface area contributed by atoms with Crippen LogP contribution in [-0.2, 0) is 0 Å². The number of aliphatic hydroxyl groups excluding tert-OH is 1. The van der Waals surface area contributed by atoms with E-state index in [4.69, 9.17) is 5.11 Å². The zero-order valence-electron chi connectivity index (χ0n) is 7.52. The average molecular weight is 205 g/mol. The van der Waals surface area contributed by atoms with Crippen molar-refractivity contribution in [2.45, 2.75) is 6.04 Å².